The average molecular weight is 327 g/mol. The van der Waals surface area contributed by atoms with Crippen LogP contribution in [0.2, 0.25) is 0 Å². The third-order valence-corrected chi connectivity index (χ3v) is 2.99. The molecule has 0 aliphatic rings. The number of hydrogen-bond donors (Lipinski definition) is 2. The summed E-state index contributed by atoms with van der Waals surface area (Å²) in [6, 6.07) is 11.5. The molecule has 1 atom stereocenters. The van der Waals surface area contributed by atoms with Gasteiger partial charge in [-0.2, -0.15) is 0 Å². The summed E-state index contributed by atoms with van der Waals surface area (Å²) in [5.41, 5.74) is 0.560. The second kappa shape index (κ2) is 7.59. The molecule has 6 heteroatoms. The van der Waals surface area contributed by atoms with E-state index in [0.29, 0.717) is 11.3 Å². The fraction of sp³-hybridized carbons (Fsp3) is 0.278. The van der Waals surface area contributed by atoms with Gasteiger partial charge in [0.1, 0.15) is 11.6 Å². The Kier molecular flexibility index (Phi) is 5.52. The number of aromatic nitrogens is 1. The Balaban J connectivity index is 2.17. The molecule has 0 saturated carbocycles. The number of nitrogens with one attached hydrogen (secondary N) is 2. The minimum absolute atomic E-state index is 0.375. The lowest BCUT2D eigenvalue weighted by Crippen LogP contribution is -2.40. The van der Waals surface area contributed by atoms with Crippen molar-refractivity contribution in [1.82, 2.24) is 10.3 Å². The van der Waals surface area contributed by atoms with E-state index in [0.717, 1.165) is 0 Å². The van der Waals surface area contributed by atoms with Gasteiger partial charge in [-0.05, 0) is 38.5 Å². The van der Waals surface area contributed by atoms with Crippen LogP contribution in [0.15, 0.2) is 54.9 Å². The summed E-state index contributed by atoms with van der Waals surface area (Å²) in [5.74, 6) is -0.375. The number of benzene rings is 1. The fourth-order valence-electron chi connectivity index (χ4n) is 2.02. The van der Waals surface area contributed by atoms with Gasteiger partial charge in [0.15, 0.2) is 0 Å². The van der Waals surface area contributed by atoms with E-state index >= 15 is 0 Å². The van der Waals surface area contributed by atoms with Crippen molar-refractivity contribution >= 4 is 17.7 Å². The second-order valence-corrected chi connectivity index (χ2v) is 6.22. The first-order chi connectivity index (χ1) is 11.3. The predicted molar refractivity (Wildman–Crippen MR) is 91.4 cm³/mol. The van der Waals surface area contributed by atoms with E-state index in [9.17, 15) is 9.59 Å². The van der Waals surface area contributed by atoms with Crippen LogP contribution in [-0.4, -0.2) is 22.6 Å². The van der Waals surface area contributed by atoms with Gasteiger partial charge in [-0.15, -0.1) is 0 Å². The number of nitrogens with zero attached hydrogens (tertiary/aromatic N) is 1. The minimum atomic E-state index is -0.874. The van der Waals surface area contributed by atoms with Crippen LogP contribution in [0.1, 0.15) is 32.4 Å². The van der Waals surface area contributed by atoms with Crippen LogP contribution >= 0.6 is 0 Å². The molecule has 2 amide bonds. The molecule has 0 radical (unpaired) electrons. The first-order valence-electron chi connectivity index (χ1n) is 7.60. The largest absolute Gasteiger partial charge is 0.444 e. The first-order valence-corrected chi connectivity index (χ1v) is 7.60. The minimum Gasteiger partial charge on any atom is -0.444 e. The van der Waals surface area contributed by atoms with Crippen molar-refractivity contribution in [3.63, 3.8) is 0 Å². The molecular weight excluding hydrogens is 306 g/mol. The topological polar surface area (TPSA) is 80.3 Å². The zero-order valence-corrected chi connectivity index (χ0v) is 13.9. The maximum Gasteiger partial charge on any atom is 0.408 e. The van der Waals surface area contributed by atoms with Crippen LogP contribution in [0.25, 0.3) is 0 Å². The van der Waals surface area contributed by atoms with E-state index in [-0.39, 0.29) is 5.91 Å². The monoisotopic (exact) mass is 327 g/mol. The van der Waals surface area contributed by atoms with E-state index in [1.165, 1.54) is 6.20 Å². The smallest absolute Gasteiger partial charge is 0.408 e. The van der Waals surface area contributed by atoms with Gasteiger partial charge in [0, 0.05) is 6.20 Å². The van der Waals surface area contributed by atoms with Gasteiger partial charge >= 0.3 is 6.09 Å². The van der Waals surface area contributed by atoms with E-state index in [1.54, 1.807) is 63.4 Å². The molecule has 2 rings (SSSR count). The normalized spacial score (nSPS) is 12.1. The number of carbonyl (C=O) groups is 2. The van der Waals surface area contributed by atoms with Crippen LogP contribution < -0.4 is 10.6 Å². The number of alkyl carbamates (subject to hydrolysis) is 1. The first kappa shape index (κ1) is 17.5. The van der Waals surface area contributed by atoms with Crippen molar-refractivity contribution in [2.24, 2.45) is 0 Å². The molecule has 0 spiro atoms. The molecule has 1 heterocycles. The van der Waals surface area contributed by atoms with Gasteiger partial charge in [0.05, 0.1) is 11.9 Å². The Hall–Kier alpha value is -2.89. The number of ether oxygens (including phenoxy) is 1. The van der Waals surface area contributed by atoms with E-state index in [1.807, 2.05) is 6.07 Å². The third-order valence-electron chi connectivity index (χ3n) is 2.99. The summed E-state index contributed by atoms with van der Waals surface area (Å²) in [6.45, 7) is 5.29. The molecule has 0 unspecified atom stereocenters. The van der Waals surface area contributed by atoms with Gasteiger partial charge in [-0.25, -0.2) is 4.79 Å². The van der Waals surface area contributed by atoms with Crippen molar-refractivity contribution in [1.29, 1.82) is 0 Å². The fourth-order valence-corrected chi connectivity index (χ4v) is 2.02. The highest BCUT2D eigenvalue weighted by Gasteiger charge is 2.25. The van der Waals surface area contributed by atoms with Crippen LogP contribution in [-0.2, 0) is 9.53 Å². The lowest BCUT2D eigenvalue weighted by Gasteiger charge is -2.23. The van der Waals surface area contributed by atoms with Gasteiger partial charge in [-0.1, -0.05) is 30.3 Å². The summed E-state index contributed by atoms with van der Waals surface area (Å²) in [5, 5.41) is 5.35. The van der Waals surface area contributed by atoms with Gasteiger partial charge in [0.25, 0.3) is 5.91 Å². The van der Waals surface area contributed by atoms with Gasteiger partial charge in [-0.3, -0.25) is 9.78 Å². The zero-order chi connectivity index (χ0) is 17.6. The number of carbonyl (C=O) groups excluding carboxylic acids is 2. The Labute approximate surface area is 141 Å². The number of pyridine rings is 1. The summed E-state index contributed by atoms with van der Waals surface area (Å²) in [6.07, 6.45) is 2.49. The molecule has 2 aromatic rings. The van der Waals surface area contributed by atoms with Crippen LogP contribution in [0.3, 0.4) is 0 Å². The highest BCUT2D eigenvalue weighted by Crippen LogP contribution is 2.17. The molecule has 0 bridgehead atoms. The number of amides is 2. The molecule has 0 fully saturated rings. The summed E-state index contributed by atoms with van der Waals surface area (Å²) < 4.78 is 5.25. The molecule has 24 heavy (non-hydrogen) atoms. The molecular formula is C18H21N3O3. The molecule has 2 N–H and O–H groups in total. The SMILES string of the molecule is CC(C)(C)OC(=O)N[C@@H](C(=O)Nc1cccnc1)c1ccccc1. The van der Waals surface area contributed by atoms with E-state index in [2.05, 4.69) is 15.6 Å². The predicted octanol–water partition coefficient (Wildman–Crippen LogP) is 3.29. The van der Waals surface area contributed by atoms with Gasteiger partial charge < -0.3 is 15.4 Å². The lowest BCUT2D eigenvalue weighted by atomic mass is 10.1. The zero-order valence-electron chi connectivity index (χ0n) is 13.9. The van der Waals surface area contributed by atoms with Crippen molar-refractivity contribution in [3.8, 4) is 0 Å². The Morgan fingerprint density at radius 1 is 1.08 bits per heavy atom. The van der Waals surface area contributed by atoms with Gasteiger partial charge in [0.2, 0.25) is 0 Å². The highest BCUT2D eigenvalue weighted by molar-refractivity contribution is 5.97. The van der Waals surface area contributed by atoms with Crippen molar-refractivity contribution in [2.75, 3.05) is 5.32 Å². The number of hydrogen-bond acceptors (Lipinski definition) is 4. The third kappa shape index (κ3) is 5.39. The van der Waals surface area contributed by atoms with Crippen molar-refractivity contribution in [2.45, 2.75) is 32.4 Å². The summed E-state index contributed by atoms with van der Waals surface area (Å²) in [4.78, 5) is 28.6. The maximum absolute atomic E-state index is 12.6. The molecule has 1 aromatic heterocycles. The number of anilines is 1. The molecule has 6 nitrogen and oxygen atoms in total. The lowest BCUT2D eigenvalue weighted by molar-refractivity contribution is -0.118. The molecule has 0 aliphatic heterocycles. The highest BCUT2D eigenvalue weighted by atomic mass is 16.6. The summed E-state index contributed by atoms with van der Waals surface area (Å²) in [7, 11) is 0. The summed E-state index contributed by atoms with van der Waals surface area (Å²) >= 11 is 0. The average Bonchev–Trinajstić information content (AvgIpc) is 2.52. The second-order valence-electron chi connectivity index (χ2n) is 6.22. The Morgan fingerprint density at radius 3 is 2.38 bits per heavy atom. The van der Waals surface area contributed by atoms with Crippen molar-refractivity contribution < 1.29 is 14.3 Å². The van der Waals surface area contributed by atoms with Crippen LogP contribution in [0.5, 0.6) is 0 Å². The molecule has 0 saturated heterocycles. The quantitative estimate of drug-likeness (QED) is 0.903. The Bertz CT molecular complexity index is 682. The maximum atomic E-state index is 12.6. The van der Waals surface area contributed by atoms with Crippen LogP contribution in [0.4, 0.5) is 10.5 Å². The van der Waals surface area contributed by atoms with Crippen LogP contribution in [0, 0.1) is 0 Å². The Morgan fingerprint density at radius 2 is 1.79 bits per heavy atom. The number of rotatable bonds is 4. The van der Waals surface area contributed by atoms with Crippen molar-refractivity contribution in [3.05, 3.63) is 60.4 Å². The van der Waals surface area contributed by atoms with E-state index in [4.69, 9.17) is 4.74 Å². The molecule has 0 aliphatic carbocycles. The standard InChI is InChI=1S/C18H21N3O3/c1-18(2,3)24-17(23)21-15(13-8-5-4-6-9-13)16(22)20-14-10-7-11-19-12-14/h4-12,15H,1-3H3,(H,20,22)(H,21,23)/t15-/m1/s1. The molecule has 126 valence electrons. The van der Waals surface area contributed by atoms with E-state index < -0.39 is 17.7 Å². The molecule has 1 aromatic carbocycles.